The van der Waals surface area contributed by atoms with Crippen LogP contribution in [0.2, 0.25) is 0 Å². The van der Waals surface area contributed by atoms with E-state index in [0.29, 0.717) is 6.04 Å². The lowest BCUT2D eigenvalue weighted by Gasteiger charge is -2.19. The van der Waals surface area contributed by atoms with E-state index < -0.39 is 0 Å². The summed E-state index contributed by atoms with van der Waals surface area (Å²) in [6.07, 6.45) is 2.12. The highest BCUT2D eigenvalue weighted by Crippen LogP contribution is 2.23. The lowest BCUT2D eigenvalue weighted by molar-refractivity contribution is 0.528. The molecular weight excluding hydrogens is 264 g/mol. The average molecular weight is 288 g/mol. The Morgan fingerprint density at radius 1 is 1.20 bits per heavy atom. The minimum absolute atomic E-state index is 0.361. The highest BCUT2D eigenvalue weighted by Gasteiger charge is 2.14. The van der Waals surface area contributed by atoms with Crippen molar-refractivity contribution >= 4 is 11.3 Å². The number of hydrogen-bond donors (Lipinski definition) is 1. The standard InChI is InChI=1S/C17H24N2S/c1-5-8-18-16(10-17-19-14(4)11-20-17)15-7-6-12(2)13(3)9-15/h6-7,9,11,16,18H,5,8,10H2,1-4H3. The Morgan fingerprint density at radius 3 is 2.60 bits per heavy atom. The summed E-state index contributed by atoms with van der Waals surface area (Å²) in [5.41, 5.74) is 5.21. The van der Waals surface area contributed by atoms with Crippen molar-refractivity contribution in [3.05, 3.63) is 51.0 Å². The van der Waals surface area contributed by atoms with E-state index in [0.717, 1.165) is 25.1 Å². The van der Waals surface area contributed by atoms with Gasteiger partial charge in [0.25, 0.3) is 0 Å². The van der Waals surface area contributed by atoms with E-state index >= 15 is 0 Å². The summed E-state index contributed by atoms with van der Waals surface area (Å²) in [6.45, 7) is 9.66. The number of nitrogens with zero attached hydrogens (tertiary/aromatic N) is 1. The lowest BCUT2D eigenvalue weighted by Crippen LogP contribution is -2.24. The van der Waals surface area contributed by atoms with Crippen LogP contribution in [0, 0.1) is 20.8 Å². The van der Waals surface area contributed by atoms with Crippen LogP contribution in [0.4, 0.5) is 0 Å². The monoisotopic (exact) mass is 288 g/mol. The molecule has 0 saturated heterocycles. The number of aryl methyl sites for hydroxylation is 3. The molecule has 0 aliphatic rings. The maximum Gasteiger partial charge on any atom is 0.0947 e. The number of aromatic nitrogens is 1. The Bertz CT molecular complexity index is 560. The van der Waals surface area contributed by atoms with Crippen LogP contribution >= 0.6 is 11.3 Å². The summed E-state index contributed by atoms with van der Waals surface area (Å²) in [6, 6.07) is 7.14. The fourth-order valence-corrected chi connectivity index (χ4v) is 3.10. The van der Waals surface area contributed by atoms with Crippen molar-refractivity contribution in [1.82, 2.24) is 10.3 Å². The highest BCUT2D eigenvalue weighted by molar-refractivity contribution is 7.09. The Morgan fingerprint density at radius 2 is 2.00 bits per heavy atom. The van der Waals surface area contributed by atoms with Gasteiger partial charge in [-0.3, -0.25) is 0 Å². The number of rotatable bonds is 6. The van der Waals surface area contributed by atoms with E-state index in [1.165, 1.54) is 21.7 Å². The Balaban J connectivity index is 2.19. The molecule has 1 aromatic carbocycles. The average Bonchev–Trinajstić information content (AvgIpc) is 2.83. The molecular formula is C17H24N2S. The zero-order chi connectivity index (χ0) is 14.5. The number of nitrogens with one attached hydrogen (secondary N) is 1. The van der Waals surface area contributed by atoms with Crippen molar-refractivity contribution < 1.29 is 0 Å². The maximum atomic E-state index is 4.60. The predicted molar refractivity (Wildman–Crippen MR) is 87.5 cm³/mol. The first kappa shape index (κ1) is 15.2. The van der Waals surface area contributed by atoms with Gasteiger partial charge in [-0.05, 0) is 50.4 Å². The molecule has 1 N–H and O–H groups in total. The molecule has 0 amide bonds. The summed E-state index contributed by atoms with van der Waals surface area (Å²) in [4.78, 5) is 4.60. The molecule has 1 aromatic heterocycles. The van der Waals surface area contributed by atoms with Gasteiger partial charge in [-0.25, -0.2) is 4.98 Å². The quantitative estimate of drug-likeness (QED) is 0.854. The zero-order valence-electron chi connectivity index (χ0n) is 12.9. The topological polar surface area (TPSA) is 24.9 Å². The minimum atomic E-state index is 0.361. The van der Waals surface area contributed by atoms with E-state index in [2.05, 4.69) is 61.6 Å². The molecule has 1 heterocycles. The van der Waals surface area contributed by atoms with Crippen molar-refractivity contribution in [3.63, 3.8) is 0 Å². The van der Waals surface area contributed by atoms with Gasteiger partial charge in [0.15, 0.2) is 0 Å². The van der Waals surface area contributed by atoms with Crippen molar-refractivity contribution in [3.8, 4) is 0 Å². The summed E-state index contributed by atoms with van der Waals surface area (Å²) in [5.74, 6) is 0. The number of benzene rings is 1. The summed E-state index contributed by atoms with van der Waals surface area (Å²) >= 11 is 1.76. The largest absolute Gasteiger partial charge is 0.310 e. The molecule has 0 saturated carbocycles. The molecule has 0 radical (unpaired) electrons. The van der Waals surface area contributed by atoms with Crippen molar-refractivity contribution in [1.29, 1.82) is 0 Å². The van der Waals surface area contributed by atoms with Gasteiger partial charge in [0, 0.05) is 23.5 Å². The molecule has 1 unspecified atom stereocenters. The van der Waals surface area contributed by atoms with Crippen LogP contribution < -0.4 is 5.32 Å². The first-order valence-corrected chi connectivity index (χ1v) is 8.19. The third-order valence-electron chi connectivity index (χ3n) is 3.62. The fraction of sp³-hybridized carbons (Fsp3) is 0.471. The Kier molecular flexibility index (Phi) is 5.32. The van der Waals surface area contributed by atoms with Crippen LogP contribution in [0.1, 0.15) is 46.8 Å². The molecule has 0 fully saturated rings. The van der Waals surface area contributed by atoms with Gasteiger partial charge in [0.1, 0.15) is 0 Å². The fourth-order valence-electron chi connectivity index (χ4n) is 2.28. The normalized spacial score (nSPS) is 12.6. The van der Waals surface area contributed by atoms with Gasteiger partial charge in [-0.2, -0.15) is 0 Å². The van der Waals surface area contributed by atoms with Gasteiger partial charge in [0.05, 0.1) is 5.01 Å². The molecule has 108 valence electrons. The van der Waals surface area contributed by atoms with E-state index in [-0.39, 0.29) is 0 Å². The van der Waals surface area contributed by atoms with Gasteiger partial charge >= 0.3 is 0 Å². The van der Waals surface area contributed by atoms with Crippen LogP contribution in [0.3, 0.4) is 0 Å². The minimum Gasteiger partial charge on any atom is -0.310 e. The predicted octanol–water partition coefficient (Wildman–Crippen LogP) is 4.35. The first-order valence-electron chi connectivity index (χ1n) is 7.31. The second-order valence-corrected chi connectivity index (χ2v) is 6.38. The van der Waals surface area contributed by atoms with Crippen LogP contribution in [0.25, 0.3) is 0 Å². The molecule has 20 heavy (non-hydrogen) atoms. The van der Waals surface area contributed by atoms with Crippen LogP contribution in [0.15, 0.2) is 23.6 Å². The van der Waals surface area contributed by atoms with Crippen molar-refractivity contribution in [2.75, 3.05) is 6.54 Å². The molecule has 1 atom stereocenters. The summed E-state index contributed by atoms with van der Waals surface area (Å²) in [5, 5.41) is 7.01. The van der Waals surface area contributed by atoms with E-state index in [1.807, 2.05) is 0 Å². The van der Waals surface area contributed by atoms with Crippen LogP contribution in [0.5, 0.6) is 0 Å². The van der Waals surface area contributed by atoms with E-state index in [4.69, 9.17) is 0 Å². The zero-order valence-corrected chi connectivity index (χ0v) is 13.7. The van der Waals surface area contributed by atoms with Crippen molar-refractivity contribution in [2.45, 2.75) is 46.6 Å². The van der Waals surface area contributed by atoms with Crippen molar-refractivity contribution in [2.24, 2.45) is 0 Å². The van der Waals surface area contributed by atoms with Gasteiger partial charge < -0.3 is 5.32 Å². The third-order valence-corrected chi connectivity index (χ3v) is 4.61. The van der Waals surface area contributed by atoms with E-state index in [9.17, 15) is 0 Å². The number of thiazole rings is 1. The molecule has 0 aliphatic heterocycles. The highest BCUT2D eigenvalue weighted by atomic mass is 32.1. The SMILES string of the molecule is CCCNC(Cc1nc(C)cs1)c1ccc(C)c(C)c1. The molecule has 2 rings (SSSR count). The summed E-state index contributed by atoms with van der Waals surface area (Å²) in [7, 11) is 0. The maximum absolute atomic E-state index is 4.60. The Labute approximate surface area is 126 Å². The molecule has 0 bridgehead atoms. The van der Waals surface area contributed by atoms with Crippen LogP contribution in [-0.2, 0) is 6.42 Å². The van der Waals surface area contributed by atoms with Gasteiger partial charge in [-0.1, -0.05) is 25.1 Å². The lowest BCUT2D eigenvalue weighted by atomic mass is 9.99. The molecule has 0 aliphatic carbocycles. The second-order valence-electron chi connectivity index (χ2n) is 5.44. The third kappa shape index (κ3) is 3.90. The first-order chi connectivity index (χ1) is 9.60. The molecule has 3 heteroatoms. The Hall–Kier alpha value is -1.19. The van der Waals surface area contributed by atoms with E-state index in [1.54, 1.807) is 11.3 Å². The molecule has 0 spiro atoms. The van der Waals surface area contributed by atoms with Crippen LogP contribution in [-0.4, -0.2) is 11.5 Å². The second kappa shape index (κ2) is 7.00. The molecule has 2 nitrogen and oxygen atoms in total. The molecule has 2 aromatic rings. The summed E-state index contributed by atoms with van der Waals surface area (Å²) < 4.78 is 0. The van der Waals surface area contributed by atoms with Gasteiger partial charge in [-0.15, -0.1) is 11.3 Å². The number of hydrogen-bond acceptors (Lipinski definition) is 3. The smallest absolute Gasteiger partial charge is 0.0947 e. The van der Waals surface area contributed by atoms with Gasteiger partial charge in [0.2, 0.25) is 0 Å².